The smallest absolute Gasteiger partial charge is 0.241 e. The summed E-state index contributed by atoms with van der Waals surface area (Å²) in [5.41, 5.74) is 0. The molecule has 2 heterocycles. The minimum absolute atomic E-state index is 0.552. The first kappa shape index (κ1) is 13.8. The Morgan fingerprint density at radius 3 is 2.76 bits per heavy atom. The third kappa shape index (κ3) is 3.29. The zero-order valence-corrected chi connectivity index (χ0v) is 12.5. The maximum Gasteiger partial charge on any atom is 0.241 e. The van der Waals surface area contributed by atoms with Gasteiger partial charge < -0.3 is 10.6 Å². The van der Waals surface area contributed by atoms with E-state index in [0.717, 1.165) is 12.5 Å². The van der Waals surface area contributed by atoms with E-state index in [1.165, 1.54) is 19.3 Å². The van der Waals surface area contributed by atoms with Gasteiger partial charge in [0.1, 0.15) is 6.33 Å². The lowest BCUT2D eigenvalue weighted by molar-refractivity contribution is 0.535. The highest BCUT2D eigenvalue weighted by atomic mass is 15.3. The second kappa shape index (κ2) is 6.07. The van der Waals surface area contributed by atoms with Crippen molar-refractivity contribution in [3.8, 4) is 5.95 Å². The van der Waals surface area contributed by atoms with E-state index in [9.17, 15) is 0 Å². The van der Waals surface area contributed by atoms with Crippen LogP contribution < -0.4 is 10.6 Å². The molecule has 2 unspecified atom stereocenters. The molecule has 3 rings (SSSR count). The van der Waals surface area contributed by atoms with Crippen molar-refractivity contribution in [2.45, 2.75) is 26.2 Å². The average molecular weight is 287 g/mol. The van der Waals surface area contributed by atoms with Gasteiger partial charge in [0, 0.05) is 26.0 Å². The Balaban J connectivity index is 1.73. The average Bonchev–Trinajstić information content (AvgIpc) is 3.16. The number of imidazole rings is 1. The van der Waals surface area contributed by atoms with E-state index >= 15 is 0 Å². The maximum atomic E-state index is 4.45. The van der Waals surface area contributed by atoms with E-state index in [4.69, 9.17) is 0 Å². The fraction of sp³-hybridized carbons (Fsp3) is 0.571. The summed E-state index contributed by atoms with van der Waals surface area (Å²) in [5.74, 6) is 3.28. The van der Waals surface area contributed by atoms with E-state index in [0.29, 0.717) is 23.8 Å². The molecule has 7 heteroatoms. The van der Waals surface area contributed by atoms with Gasteiger partial charge in [-0.2, -0.15) is 15.0 Å². The van der Waals surface area contributed by atoms with Crippen LogP contribution in [-0.4, -0.2) is 38.1 Å². The van der Waals surface area contributed by atoms with Crippen LogP contribution in [0.1, 0.15) is 26.2 Å². The van der Waals surface area contributed by atoms with Gasteiger partial charge in [0.25, 0.3) is 0 Å². The quantitative estimate of drug-likeness (QED) is 0.875. The van der Waals surface area contributed by atoms with E-state index in [2.05, 4.69) is 37.5 Å². The van der Waals surface area contributed by atoms with Crippen LogP contribution in [-0.2, 0) is 0 Å². The molecular formula is C14H21N7. The zero-order valence-electron chi connectivity index (χ0n) is 12.5. The molecular weight excluding hydrogens is 266 g/mol. The minimum atomic E-state index is 0.552. The first-order valence-corrected chi connectivity index (χ1v) is 7.40. The molecule has 2 atom stereocenters. The summed E-state index contributed by atoms with van der Waals surface area (Å²) in [4.78, 5) is 17.2. The van der Waals surface area contributed by atoms with E-state index in [1.54, 1.807) is 24.1 Å². The van der Waals surface area contributed by atoms with Crippen molar-refractivity contribution in [3.63, 3.8) is 0 Å². The molecule has 1 aliphatic rings. The molecule has 0 radical (unpaired) electrons. The van der Waals surface area contributed by atoms with Gasteiger partial charge >= 0.3 is 0 Å². The SMILES string of the molecule is CNc1nc(NCC2CCC(C)C2)nc(-n2ccnc2)n1. The number of nitrogens with one attached hydrogen (secondary N) is 2. The van der Waals surface area contributed by atoms with Crippen molar-refractivity contribution in [3.05, 3.63) is 18.7 Å². The first-order chi connectivity index (χ1) is 10.2. The summed E-state index contributed by atoms with van der Waals surface area (Å²) in [5, 5.41) is 6.32. The largest absolute Gasteiger partial charge is 0.357 e. The molecule has 1 aliphatic carbocycles. The Hall–Kier alpha value is -2.18. The first-order valence-electron chi connectivity index (χ1n) is 7.40. The van der Waals surface area contributed by atoms with Crippen molar-refractivity contribution < 1.29 is 0 Å². The highest BCUT2D eigenvalue weighted by molar-refractivity contribution is 5.37. The van der Waals surface area contributed by atoms with Crippen LogP contribution in [0.3, 0.4) is 0 Å². The third-order valence-electron chi connectivity index (χ3n) is 3.93. The van der Waals surface area contributed by atoms with Gasteiger partial charge in [0.2, 0.25) is 17.8 Å². The van der Waals surface area contributed by atoms with Gasteiger partial charge in [0.15, 0.2) is 0 Å². The lowest BCUT2D eigenvalue weighted by Crippen LogP contribution is -2.16. The molecule has 2 N–H and O–H groups in total. The van der Waals surface area contributed by atoms with Gasteiger partial charge in [-0.05, 0) is 24.7 Å². The molecule has 0 aliphatic heterocycles. The number of hydrogen-bond acceptors (Lipinski definition) is 6. The Labute approximate surface area is 124 Å². The molecule has 7 nitrogen and oxygen atoms in total. The fourth-order valence-corrected chi connectivity index (χ4v) is 2.79. The molecule has 2 aromatic rings. The van der Waals surface area contributed by atoms with Gasteiger partial charge in [0.05, 0.1) is 0 Å². The monoisotopic (exact) mass is 287 g/mol. The molecule has 21 heavy (non-hydrogen) atoms. The molecule has 0 aromatic carbocycles. The van der Waals surface area contributed by atoms with Crippen LogP contribution in [0.5, 0.6) is 0 Å². The highest BCUT2D eigenvalue weighted by Gasteiger charge is 2.21. The number of nitrogens with zero attached hydrogens (tertiary/aromatic N) is 5. The molecule has 1 saturated carbocycles. The lowest BCUT2D eigenvalue weighted by Gasteiger charge is -2.12. The number of hydrogen-bond donors (Lipinski definition) is 2. The van der Waals surface area contributed by atoms with Gasteiger partial charge in [-0.1, -0.05) is 13.3 Å². The normalized spacial score (nSPS) is 21.4. The molecule has 0 bridgehead atoms. The third-order valence-corrected chi connectivity index (χ3v) is 3.93. The van der Waals surface area contributed by atoms with Crippen LogP contribution in [0.4, 0.5) is 11.9 Å². The van der Waals surface area contributed by atoms with Crippen LogP contribution in [0.25, 0.3) is 5.95 Å². The summed E-state index contributed by atoms with van der Waals surface area (Å²) in [6.45, 7) is 3.24. The highest BCUT2D eigenvalue weighted by Crippen LogP contribution is 2.30. The minimum Gasteiger partial charge on any atom is -0.357 e. The van der Waals surface area contributed by atoms with Crippen molar-refractivity contribution >= 4 is 11.9 Å². The predicted octanol–water partition coefficient (Wildman–Crippen LogP) is 1.95. The topological polar surface area (TPSA) is 80.5 Å². The summed E-state index contributed by atoms with van der Waals surface area (Å²) >= 11 is 0. The van der Waals surface area contributed by atoms with Crippen LogP contribution in [0.15, 0.2) is 18.7 Å². The standard InChI is InChI=1S/C14H21N7/c1-10-3-4-11(7-10)8-17-13-18-12(15-2)19-14(20-13)21-6-5-16-9-21/h5-6,9-11H,3-4,7-8H2,1-2H3,(H2,15,17,18,19,20). The number of anilines is 2. The Bertz CT molecular complexity index is 581. The Kier molecular flexibility index (Phi) is 3.98. The van der Waals surface area contributed by atoms with Crippen molar-refractivity contribution in [2.24, 2.45) is 11.8 Å². The summed E-state index contributed by atoms with van der Waals surface area (Å²) in [7, 11) is 1.80. The maximum absolute atomic E-state index is 4.45. The van der Waals surface area contributed by atoms with Gasteiger partial charge in [-0.3, -0.25) is 4.57 Å². The number of aromatic nitrogens is 5. The number of rotatable bonds is 5. The molecule has 1 fully saturated rings. The molecule has 112 valence electrons. The van der Waals surface area contributed by atoms with Crippen molar-refractivity contribution in [1.29, 1.82) is 0 Å². The predicted molar refractivity (Wildman–Crippen MR) is 81.5 cm³/mol. The molecule has 0 amide bonds. The van der Waals surface area contributed by atoms with Crippen LogP contribution in [0.2, 0.25) is 0 Å². The summed E-state index contributed by atoms with van der Waals surface area (Å²) < 4.78 is 1.77. The van der Waals surface area contributed by atoms with E-state index in [1.807, 2.05) is 6.20 Å². The van der Waals surface area contributed by atoms with Gasteiger partial charge in [-0.15, -0.1) is 0 Å². The zero-order chi connectivity index (χ0) is 14.7. The molecule has 0 spiro atoms. The second-order valence-corrected chi connectivity index (χ2v) is 5.67. The van der Waals surface area contributed by atoms with Crippen molar-refractivity contribution in [1.82, 2.24) is 24.5 Å². The summed E-state index contributed by atoms with van der Waals surface area (Å²) in [6.07, 6.45) is 9.09. The summed E-state index contributed by atoms with van der Waals surface area (Å²) in [6, 6.07) is 0. The molecule has 2 aromatic heterocycles. The fourth-order valence-electron chi connectivity index (χ4n) is 2.79. The van der Waals surface area contributed by atoms with E-state index < -0.39 is 0 Å². The van der Waals surface area contributed by atoms with Crippen LogP contribution >= 0.6 is 0 Å². The van der Waals surface area contributed by atoms with Crippen LogP contribution in [0, 0.1) is 11.8 Å². The van der Waals surface area contributed by atoms with Crippen molar-refractivity contribution in [2.75, 3.05) is 24.2 Å². The lowest BCUT2D eigenvalue weighted by atomic mass is 10.1. The Morgan fingerprint density at radius 2 is 2.10 bits per heavy atom. The molecule has 0 saturated heterocycles. The Morgan fingerprint density at radius 1 is 1.24 bits per heavy atom. The second-order valence-electron chi connectivity index (χ2n) is 5.67. The van der Waals surface area contributed by atoms with E-state index in [-0.39, 0.29) is 0 Å². The van der Waals surface area contributed by atoms with Gasteiger partial charge in [-0.25, -0.2) is 4.98 Å².